The Morgan fingerprint density at radius 3 is 2.61 bits per heavy atom. The Bertz CT molecular complexity index is 811. The van der Waals surface area contributed by atoms with Gasteiger partial charge in [-0.2, -0.15) is 0 Å². The van der Waals surface area contributed by atoms with E-state index in [1.807, 2.05) is 18.2 Å². The Morgan fingerprint density at radius 2 is 1.90 bits per heavy atom. The van der Waals surface area contributed by atoms with Gasteiger partial charge in [-0.15, -0.1) is 0 Å². The predicted octanol–water partition coefficient (Wildman–Crippen LogP) is 2.04. The first-order valence-electron chi connectivity index (χ1n) is 10.9. The Morgan fingerprint density at radius 1 is 1.13 bits per heavy atom. The number of rotatable bonds is 8. The first-order valence-corrected chi connectivity index (χ1v) is 10.9. The van der Waals surface area contributed by atoms with E-state index in [0.29, 0.717) is 50.6 Å². The van der Waals surface area contributed by atoms with Gasteiger partial charge in [-0.3, -0.25) is 9.59 Å². The Kier molecular flexibility index (Phi) is 7.76. The molecule has 31 heavy (non-hydrogen) atoms. The number of carbonyl (C=O) groups is 3. The van der Waals surface area contributed by atoms with E-state index in [-0.39, 0.29) is 24.2 Å². The SMILES string of the molecule is CCOC(=O)C1CCCCN1C(=O)C1CC(=O)N(CCc2ccc(OC)c(OC)c2)C1. The summed E-state index contributed by atoms with van der Waals surface area (Å²) < 4.78 is 15.8. The summed E-state index contributed by atoms with van der Waals surface area (Å²) in [5.41, 5.74) is 1.03. The lowest BCUT2D eigenvalue weighted by Gasteiger charge is -2.35. The molecule has 8 heteroatoms. The molecule has 3 rings (SSSR count). The van der Waals surface area contributed by atoms with Crippen molar-refractivity contribution in [2.75, 3.05) is 40.5 Å². The number of amides is 2. The van der Waals surface area contributed by atoms with Crippen LogP contribution in [0.3, 0.4) is 0 Å². The summed E-state index contributed by atoms with van der Waals surface area (Å²) >= 11 is 0. The molecule has 2 unspecified atom stereocenters. The smallest absolute Gasteiger partial charge is 0.328 e. The fourth-order valence-electron chi connectivity index (χ4n) is 4.37. The topological polar surface area (TPSA) is 85.4 Å². The average molecular weight is 433 g/mol. The number of hydrogen-bond donors (Lipinski definition) is 0. The van der Waals surface area contributed by atoms with Gasteiger partial charge in [0.2, 0.25) is 11.8 Å². The lowest BCUT2D eigenvalue weighted by atomic mass is 9.98. The van der Waals surface area contributed by atoms with Gasteiger partial charge in [-0.05, 0) is 50.3 Å². The Balaban J connectivity index is 1.60. The van der Waals surface area contributed by atoms with Crippen molar-refractivity contribution >= 4 is 17.8 Å². The van der Waals surface area contributed by atoms with Crippen LogP contribution in [0, 0.1) is 5.92 Å². The van der Waals surface area contributed by atoms with Crippen molar-refractivity contribution in [2.24, 2.45) is 5.92 Å². The molecule has 1 aromatic carbocycles. The molecular formula is C23H32N2O6. The maximum absolute atomic E-state index is 13.1. The molecule has 0 aliphatic carbocycles. The summed E-state index contributed by atoms with van der Waals surface area (Å²) in [5.74, 6) is 0.420. The number of carbonyl (C=O) groups excluding carboxylic acids is 3. The molecule has 0 radical (unpaired) electrons. The van der Waals surface area contributed by atoms with Gasteiger partial charge in [0.05, 0.1) is 26.7 Å². The summed E-state index contributed by atoms with van der Waals surface area (Å²) in [7, 11) is 3.18. The highest BCUT2D eigenvalue weighted by atomic mass is 16.5. The number of likely N-dealkylation sites (tertiary alicyclic amines) is 2. The van der Waals surface area contributed by atoms with Crippen LogP contribution in [0.4, 0.5) is 0 Å². The van der Waals surface area contributed by atoms with Gasteiger partial charge < -0.3 is 24.0 Å². The number of methoxy groups -OCH3 is 2. The zero-order valence-corrected chi connectivity index (χ0v) is 18.6. The highest BCUT2D eigenvalue weighted by molar-refractivity contribution is 5.91. The van der Waals surface area contributed by atoms with Crippen LogP contribution in [0.1, 0.15) is 38.2 Å². The fourth-order valence-corrected chi connectivity index (χ4v) is 4.37. The zero-order valence-electron chi connectivity index (χ0n) is 18.6. The summed E-state index contributed by atoms with van der Waals surface area (Å²) in [4.78, 5) is 41.4. The minimum Gasteiger partial charge on any atom is -0.493 e. The van der Waals surface area contributed by atoms with Crippen LogP contribution < -0.4 is 9.47 Å². The van der Waals surface area contributed by atoms with Crippen molar-refractivity contribution in [1.82, 2.24) is 9.80 Å². The van der Waals surface area contributed by atoms with E-state index >= 15 is 0 Å². The van der Waals surface area contributed by atoms with Crippen molar-refractivity contribution in [2.45, 2.75) is 45.1 Å². The molecule has 8 nitrogen and oxygen atoms in total. The minimum atomic E-state index is -0.530. The molecule has 2 heterocycles. The minimum absolute atomic E-state index is 0.0245. The van der Waals surface area contributed by atoms with Gasteiger partial charge in [0, 0.05) is 26.1 Å². The lowest BCUT2D eigenvalue weighted by Crippen LogP contribution is -2.51. The number of ether oxygens (including phenoxy) is 3. The van der Waals surface area contributed by atoms with Crippen molar-refractivity contribution < 1.29 is 28.6 Å². The maximum atomic E-state index is 13.1. The molecule has 0 saturated carbocycles. The van der Waals surface area contributed by atoms with Gasteiger partial charge in [-0.25, -0.2) is 4.79 Å². The molecule has 2 fully saturated rings. The summed E-state index contributed by atoms with van der Waals surface area (Å²) in [6.07, 6.45) is 3.23. The summed E-state index contributed by atoms with van der Waals surface area (Å²) in [6.45, 7) is 3.51. The lowest BCUT2D eigenvalue weighted by molar-refractivity contribution is -0.158. The van der Waals surface area contributed by atoms with Crippen molar-refractivity contribution in [1.29, 1.82) is 0 Å². The van der Waals surface area contributed by atoms with Gasteiger partial charge >= 0.3 is 5.97 Å². The molecule has 170 valence electrons. The first-order chi connectivity index (χ1) is 15.0. The molecule has 0 spiro atoms. The molecule has 0 bridgehead atoms. The van der Waals surface area contributed by atoms with Crippen molar-refractivity contribution in [3.8, 4) is 11.5 Å². The number of hydrogen-bond acceptors (Lipinski definition) is 6. The van der Waals surface area contributed by atoms with Crippen molar-refractivity contribution in [3.05, 3.63) is 23.8 Å². The third kappa shape index (κ3) is 5.29. The molecule has 2 saturated heterocycles. The van der Waals surface area contributed by atoms with Crippen LogP contribution in [0.2, 0.25) is 0 Å². The van der Waals surface area contributed by atoms with Gasteiger partial charge in [0.25, 0.3) is 0 Å². The second-order valence-electron chi connectivity index (χ2n) is 7.98. The third-order valence-corrected chi connectivity index (χ3v) is 6.03. The number of benzene rings is 1. The Hall–Kier alpha value is -2.77. The maximum Gasteiger partial charge on any atom is 0.328 e. The second-order valence-corrected chi connectivity index (χ2v) is 7.98. The zero-order chi connectivity index (χ0) is 22.4. The molecule has 2 atom stereocenters. The quantitative estimate of drug-likeness (QED) is 0.585. The monoisotopic (exact) mass is 432 g/mol. The third-order valence-electron chi connectivity index (χ3n) is 6.03. The molecule has 2 aliphatic rings. The van der Waals surface area contributed by atoms with E-state index in [1.165, 1.54) is 0 Å². The van der Waals surface area contributed by atoms with Crippen LogP contribution in [-0.2, 0) is 25.5 Å². The van der Waals surface area contributed by atoms with Gasteiger partial charge in [-0.1, -0.05) is 6.07 Å². The van der Waals surface area contributed by atoms with E-state index in [4.69, 9.17) is 14.2 Å². The number of esters is 1. The van der Waals surface area contributed by atoms with Crippen LogP contribution >= 0.6 is 0 Å². The molecule has 1 aromatic rings. The molecule has 0 aromatic heterocycles. The van der Waals surface area contributed by atoms with E-state index in [2.05, 4.69) is 0 Å². The highest BCUT2D eigenvalue weighted by Crippen LogP contribution is 2.29. The molecular weight excluding hydrogens is 400 g/mol. The average Bonchev–Trinajstić information content (AvgIpc) is 3.17. The second kappa shape index (κ2) is 10.5. The molecule has 2 aliphatic heterocycles. The van der Waals surface area contributed by atoms with E-state index in [1.54, 1.807) is 30.9 Å². The van der Waals surface area contributed by atoms with E-state index in [9.17, 15) is 14.4 Å². The van der Waals surface area contributed by atoms with E-state index < -0.39 is 12.0 Å². The Labute approximate surface area is 183 Å². The van der Waals surface area contributed by atoms with E-state index in [0.717, 1.165) is 18.4 Å². The van der Waals surface area contributed by atoms with Gasteiger partial charge in [0.15, 0.2) is 11.5 Å². The van der Waals surface area contributed by atoms with Crippen LogP contribution in [0.25, 0.3) is 0 Å². The highest BCUT2D eigenvalue weighted by Gasteiger charge is 2.41. The van der Waals surface area contributed by atoms with Crippen LogP contribution in [0.15, 0.2) is 18.2 Å². The first kappa shape index (κ1) is 22.9. The molecule has 0 N–H and O–H groups in total. The van der Waals surface area contributed by atoms with Crippen LogP contribution in [-0.4, -0.2) is 74.1 Å². The predicted molar refractivity (Wildman–Crippen MR) is 114 cm³/mol. The fraction of sp³-hybridized carbons (Fsp3) is 0.609. The largest absolute Gasteiger partial charge is 0.493 e. The summed E-state index contributed by atoms with van der Waals surface area (Å²) in [5, 5.41) is 0. The van der Waals surface area contributed by atoms with Gasteiger partial charge in [0.1, 0.15) is 6.04 Å². The summed E-state index contributed by atoms with van der Waals surface area (Å²) in [6, 6.07) is 5.16. The van der Waals surface area contributed by atoms with Crippen molar-refractivity contribution in [3.63, 3.8) is 0 Å². The number of piperidine rings is 1. The molecule has 2 amide bonds. The number of nitrogens with zero attached hydrogens (tertiary/aromatic N) is 2. The standard InChI is InChI=1S/C23H32N2O6/c1-4-31-23(28)18-7-5-6-11-25(18)22(27)17-14-21(26)24(15-17)12-10-16-8-9-19(29-2)20(13-16)30-3/h8-9,13,17-18H,4-7,10-12,14-15H2,1-3H3. The normalized spacial score (nSPS) is 21.2. The van der Waals surface area contributed by atoms with Crippen LogP contribution in [0.5, 0.6) is 11.5 Å².